The number of aromatic amines is 1. The second kappa shape index (κ2) is 5.98. The number of H-pyrrole nitrogens is 1. The number of hydrogen-bond acceptors (Lipinski definition) is 4. The molecule has 2 aromatic heterocycles. The first kappa shape index (κ1) is 14.4. The first-order valence-corrected chi connectivity index (χ1v) is 8.07. The Morgan fingerprint density at radius 1 is 1.58 bits per heavy atom. The zero-order chi connectivity index (χ0) is 14.0. The summed E-state index contributed by atoms with van der Waals surface area (Å²) in [6.45, 7) is 4.01. The average molecular weight is 312 g/mol. The average Bonchev–Trinajstić information content (AvgIpc) is 2.98. The van der Waals surface area contributed by atoms with Gasteiger partial charge >= 0.3 is 0 Å². The predicted octanol–water partition coefficient (Wildman–Crippen LogP) is 3.94. The van der Waals surface area contributed by atoms with Gasteiger partial charge in [-0.15, -0.1) is 22.7 Å². The molecule has 6 heteroatoms. The molecule has 2 heterocycles. The van der Waals surface area contributed by atoms with Crippen molar-refractivity contribution in [3.05, 3.63) is 36.9 Å². The highest BCUT2D eigenvalue weighted by molar-refractivity contribution is 7.73. The number of likely N-dealkylation sites (N-methyl/N-ethyl adjacent to an activating group) is 1. The van der Waals surface area contributed by atoms with Crippen molar-refractivity contribution < 1.29 is 4.79 Å². The lowest BCUT2D eigenvalue weighted by Crippen LogP contribution is -2.30. The van der Waals surface area contributed by atoms with E-state index in [0.717, 1.165) is 14.5 Å². The maximum atomic E-state index is 12.3. The fourth-order valence-electron chi connectivity index (χ4n) is 1.80. The smallest absolute Gasteiger partial charge is 0.228 e. The third-order valence-corrected chi connectivity index (χ3v) is 5.54. The number of thiophene rings is 1. The van der Waals surface area contributed by atoms with Crippen molar-refractivity contribution in [2.24, 2.45) is 0 Å². The quantitative estimate of drug-likeness (QED) is 0.868. The van der Waals surface area contributed by atoms with Crippen LogP contribution in [0.1, 0.15) is 28.4 Å². The van der Waals surface area contributed by atoms with Crippen molar-refractivity contribution in [1.82, 2.24) is 9.88 Å². The molecule has 0 aliphatic heterocycles. The van der Waals surface area contributed by atoms with Crippen molar-refractivity contribution in [2.45, 2.75) is 26.3 Å². The van der Waals surface area contributed by atoms with Gasteiger partial charge in [-0.2, -0.15) is 0 Å². The Bertz CT molecular complexity index is 612. The molecule has 102 valence electrons. The Balaban J connectivity index is 2.07. The van der Waals surface area contributed by atoms with Crippen LogP contribution in [-0.2, 0) is 11.2 Å². The summed E-state index contributed by atoms with van der Waals surface area (Å²) < 4.78 is 0.731. The van der Waals surface area contributed by atoms with E-state index in [1.54, 1.807) is 16.2 Å². The molecule has 0 radical (unpaired) electrons. The summed E-state index contributed by atoms with van der Waals surface area (Å²) in [6, 6.07) is 4.18. The van der Waals surface area contributed by atoms with E-state index in [-0.39, 0.29) is 11.9 Å². The molecule has 1 N–H and O–H groups in total. The highest BCUT2D eigenvalue weighted by Crippen LogP contribution is 2.24. The standard InChI is InChI=1S/C13H16N2OS3/c1-8-11(19-13(17)14-8)7-12(16)15(3)9(2)10-5-4-6-18-10/h4-6,9H,7H2,1-3H3,(H,14,17)/t9-/m0/s1. The number of aryl methyl sites for hydroxylation is 1. The van der Waals surface area contributed by atoms with Crippen molar-refractivity contribution in [3.63, 3.8) is 0 Å². The maximum Gasteiger partial charge on any atom is 0.228 e. The molecule has 1 amide bonds. The number of nitrogens with zero attached hydrogens (tertiary/aromatic N) is 1. The normalized spacial score (nSPS) is 12.4. The fraction of sp³-hybridized carbons (Fsp3) is 0.385. The first-order chi connectivity index (χ1) is 8.99. The Labute approximate surface area is 125 Å². The molecule has 19 heavy (non-hydrogen) atoms. The van der Waals surface area contributed by atoms with Gasteiger partial charge in [-0.25, -0.2) is 0 Å². The van der Waals surface area contributed by atoms with Crippen molar-refractivity contribution in [1.29, 1.82) is 0 Å². The molecule has 0 aromatic carbocycles. The van der Waals surface area contributed by atoms with Gasteiger partial charge in [0.25, 0.3) is 0 Å². The Morgan fingerprint density at radius 3 is 2.84 bits per heavy atom. The van der Waals surface area contributed by atoms with Gasteiger partial charge < -0.3 is 9.88 Å². The summed E-state index contributed by atoms with van der Waals surface area (Å²) >= 11 is 8.26. The number of carbonyl (C=O) groups is 1. The van der Waals surface area contributed by atoms with Gasteiger partial charge in [0.2, 0.25) is 5.91 Å². The lowest BCUT2D eigenvalue weighted by atomic mass is 10.2. The molecule has 0 saturated heterocycles. The third-order valence-electron chi connectivity index (χ3n) is 3.16. The van der Waals surface area contributed by atoms with Crippen LogP contribution < -0.4 is 0 Å². The summed E-state index contributed by atoms with van der Waals surface area (Å²) in [5.74, 6) is 0.120. The largest absolute Gasteiger partial charge is 0.341 e. The van der Waals surface area contributed by atoms with Crippen LogP contribution in [-0.4, -0.2) is 22.8 Å². The molecule has 2 rings (SSSR count). The number of aromatic nitrogens is 1. The molecular weight excluding hydrogens is 296 g/mol. The van der Waals surface area contributed by atoms with Crippen molar-refractivity contribution in [3.8, 4) is 0 Å². The van der Waals surface area contributed by atoms with Crippen LogP contribution in [0.3, 0.4) is 0 Å². The topological polar surface area (TPSA) is 36.1 Å². The summed E-state index contributed by atoms with van der Waals surface area (Å²) in [5.41, 5.74) is 1.00. The van der Waals surface area contributed by atoms with Gasteiger partial charge in [-0.05, 0) is 37.5 Å². The van der Waals surface area contributed by atoms with E-state index in [1.807, 2.05) is 25.4 Å². The van der Waals surface area contributed by atoms with Crippen molar-refractivity contribution >= 4 is 40.8 Å². The van der Waals surface area contributed by atoms with E-state index in [1.165, 1.54) is 16.2 Å². The summed E-state index contributed by atoms with van der Waals surface area (Å²) in [5, 5.41) is 2.03. The Hall–Kier alpha value is -0.980. The molecule has 0 bridgehead atoms. The molecule has 2 aromatic rings. The van der Waals surface area contributed by atoms with E-state index in [9.17, 15) is 4.79 Å². The molecular formula is C13H16N2OS3. The lowest BCUT2D eigenvalue weighted by molar-refractivity contribution is -0.130. The second-order valence-corrected chi connectivity index (χ2v) is 7.19. The van der Waals surface area contributed by atoms with E-state index in [0.29, 0.717) is 6.42 Å². The minimum absolute atomic E-state index is 0.111. The van der Waals surface area contributed by atoms with Gasteiger partial charge in [-0.3, -0.25) is 4.79 Å². The zero-order valence-electron chi connectivity index (χ0n) is 11.1. The van der Waals surface area contributed by atoms with E-state index in [4.69, 9.17) is 12.2 Å². The highest BCUT2D eigenvalue weighted by atomic mass is 32.1. The monoisotopic (exact) mass is 312 g/mol. The van der Waals surface area contributed by atoms with Crippen LogP contribution in [0.5, 0.6) is 0 Å². The van der Waals surface area contributed by atoms with Gasteiger partial charge in [0, 0.05) is 22.5 Å². The molecule has 0 fully saturated rings. The molecule has 0 saturated carbocycles. The van der Waals surface area contributed by atoms with E-state index < -0.39 is 0 Å². The van der Waals surface area contributed by atoms with Gasteiger partial charge in [0.1, 0.15) is 0 Å². The number of carbonyl (C=O) groups excluding carboxylic acids is 1. The lowest BCUT2D eigenvalue weighted by Gasteiger charge is -2.24. The molecule has 0 aliphatic rings. The number of hydrogen-bond donors (Lipinski definition) is 1. The summed E-state index contributed by atoms with van der Waals surface area (Å²) in [6.07, 6.45) is 0.413. The molecule has 1 atom stereocenters. The van der Waals surface area contributed by atoms with Crippen LogP contribution in [0, 0.1) is 10.9 Å². The second-order valence-electron chi connectivity index (χ2n) is 4.44. The Morgan fingerprint density at radius 2 is 2.32 bits per heavy atom. The van der Waals surface area contributed by atoms with Gasteiger partial charge in [-0.1, -0.05) is 6.07 Å². The van der Waals surface area contributed by atoms with Crippen LogP contribution in [0.25, 0.3) is 0 Å². The number of amides is 1. The van der Waals surface area contributed by atoms with Gasteiger partial charge in [0.15, 0.2) is 3.95 Å². The number of thiazole rings is 1. The van der Waals surface area contributed by atoms with E-state index >= 15 is 0 Å². The predicted molar refractivity (Wildman–Crippen MR) is 83.4 cm³/mol. The zero-order valence-corrected chi connectivity index (χ0v) is 13.5. The maximum absolute atomic E-state index is 12.3. The first-order valence-electron chi connectivity index (χ1n) is 5.96. The van der Waals surface area contributed by atoms with Crippen LogP contribution in [0.2, 0.25) is 0 Å². The SMILES string of the molecule is Cc1[nH]c(=S)sc1CC(=O)N(C)[C@@H](C)c1cccs1. The molecule has 0 unspecified atom stereocenters. The Kier molecular flexibility index (Phi) is 4.54. The van der Waals surface area contributed by atoms with Crippen LogP contribution in [0.4, 0.5) is 0 Å². The van der Waals surface area contributed by atoms with Crippen LogP contribution >= 0.6 is 34.9 Å². The minimum atomic E-state index is 0.111. The summed E-state index contributed by atoms with van der Waals surface area (Å²) in [7, 11) is 1.86. The summed E-state index contributed by atoms with van der Waals surface area (Å²) in [4.78, 5) is 19.4. The number of nitrogens with one attached hydrogen (secondary N) is 1. The molecule has 3 nitrogen and oxygen atoms in total. The van der Waals surface area contributed by atoms with E-state index in [2.05, 4.69) is 18.0 Å². The van der Waals surface area contributed by atoms with Gasteiger partial charge in [0.05, 0.1) is 12.5 Å². The molecule has 0 spiro atoms. The fourth-order valence-corrected chi connectivity index (χ4v) is 3.91. The van der Waals surface area contributed by atoms with Crippen molar-refractivity contribution in [2.75, 3.05) is 7.05 Å². The number of rotatable bonds is 4. The minimum Gasteiger partial charge on any atom is -0.341 e. The third kappa shape index (κ3) is 3.32. The van der Waals surface area contributed by atoms with Crippen LogP contribution in [0.15, 0.2) is 17.5 Å². The molecule has 0 aliphatic carbocycles. The highest BCUT2D eigenvalue weighted by Gasteiger charge is 2.19.